The van der Waals surface area contributed by atoms with Crippen molar-refractivity contribution in [1.29, 1.82) is 0 Å². The van der Waals surface area contributed by atoms with E-state index in [4.69, 9.17) is 0 Å². The average molecular weight is 251 g/mol. The van der Waals surface area contributed by atoms with Gasteiger partial charge in [-0.3, -0.25) is 10.1 Å². The Morgan fingerprint density at radius 2 is 2.06 bits per heavy atom. The first-order valence-corrected chi connectivity index (χ1v) is 6.36. The van der Waals surface area contributed by atoms with Crippen LogP contribution in [-0.2, 0) is 4.79 Å². The largest absolute Gasteiger partial charge is 0.480 e. The van der Waals surface area contributed by atoms with Gasteiger partial charge in [-0.1, -0.05) is 19.1 Å². The second kappa shape index (κ2) is 5.48. The van der Waals surface area contributed by atoms with Crippen molar-refractivity contribution in [1.82, 2.24) is 5.32 Å². The van der Waals surface area contributed by atoms with E-state index >= 15 is 0 Å². The number of carbonyl (C=O) groups is 1. The van der Waals surface area contributed by atoms with Crippen molar-refractivity contribution in [3.05, 3.63) is 35.6 Å². The zero-order valence-corrected chi connectivity index (χ0v) is 10.4. The third-order valence-electron chi connectivity index (χ3n) is 3.42. The minimum absolute atomic E-state index is 0.0349. The van der Waals surface area contributed by atoms with E-state index in [1.54, 1.807) is 12.1 Å². The van der Waals surface area contributed by atoms with Crippen LogP contribution in [0, 0.1) is 11.7 Å². The number of hydrogen-bond donors (Lipinski definition) is 2. The Bertz CT molecular complexity index is 414. The highest BCUT2D eigenvalue weighted by atomic mass is 19.1. The Kier molecular flexibility index (Phi) is 3.97. The van der Waals surface area contributed by atoms with E-state index in [0.29, 0.717) is 0 Å². The fourth-order valence-electron chi connectivity index (χ4n) is 2.20. The van der Waals surface area contributed by atoms with E-state index < -0.39 is 12.0 Å². The summed E-state index contributed by atoms with van der Waals surface area (Å²) < 4.78 is 12.9. The maximum atomic E-state index is 12.9. The summed E-state index contributed by atoms with van der Waals surface area (Å²) in [6.45, 7) is 1.99. The number of carboxylic acids is 1. The fourth-order valence-corrected chi connectivity index (χ4v) is 2.20. The molecule has 1 fully saturated rings. The van der Waals surface area contributed by atoms with Gasteiger partial charge in [0.05, 0.1) is 0 Å². The summed E-state index contributed by atoms with van der Waals surface area (Å²) in [6, 6.07) is 5.72. The number of halogens is 1. The molecule has 1 aliphatic rings. The van der Waals surface area contributed by atoms with Gasteiger partial charge in [0.2, 0.25) is 0 Å². The van der Waals surface area contributed by atoms with Gasteiger partial charge in [-0.15, -0.1) is 0 Å². The molecule has 0 heterocycles. The topological polar surface area (TPSA) is 49.3 Å². The Balaban J connectivity index is 2.08. The van der Waals surface area contributed by atoms with Gasteiger partial charge in [-0.2, -0.15) is 0 Å². The third kappa shape index (κ3) is 3.07. The molecule has 0 bridgehead atoms. The molecule has 1 aliphatic carbocycles. The lowest BCUT2D eigenvalue weighted by atomic mass is 10.0. The SMILES string of the molecule is CCC(NC(C(=O)O)C1CC1)c1ccc(F)cc1. The van der Waals surface area contributed by atoms with Gasteiger partial charge in [0.1, 0.15) is 11.9 Å². The molecule has 0 spiro atoms. The summed E-state index contributed by atoms with van der Waals surface area (Å²) in [5.41, 5.74) is 0.936. The van der Waals surface area contributed by atoms with Crippen molar-refractivity contribution in [2.75, 3.05) is 0 Å². The van der Waals surface area contributed by atoms with E-state index in [1.165, 1.54) is 12.1 Å². The van der Waals surface area contributed by atoms with E-state index in [0.717, 1.165) is 24.8 Å². The van der Waals surface area contributed by atoms with Crippen LogP contribution in [0.25, 0.3) is 0 Å². The molecule has 2 N–H and O–H groups in total. The minimum Gasteiger partial charge on any atom is -0.480 e. The lowest BCUT2D eigenvalue weighted by Crippen LogP contribution is -2.40. The molecule has 3 nitrogen and oxygen atoms in total. The summed E-state index contributed by atoms with van der Waals surface area (Å²) in [4.78, 5) is 11.2. The van der Waals surface area contributed by atoms with Gasteiger partial charge in [0, 0.05) is 6.04 Å². The molecule has 18 heavy (non-hydrogen) atoms. The van der Waals surface area contributed by atoms with E-state index in [1.807, 2.05) is 6.92 Å². The van der Waals surface area contributed by atoms with Gasteiger partial charge in [0.25, 0.3) is 0 Å². The first kappa shape index (κ1) is 13.0. The van der Waals surface area contributed by atoms with Crippen LogP contribution < -0.4 is 5.32 Å². The van der Waals surface area contributed by atoms with Crippen LogP contribution in [0.2, 0.25) is 0 Å². The highest BCUT2D eigenvalue weighted by Gasteiger charge is 2.37. The van der Waals surface area contributed by atoms with Gasteiger partial charge in [-0.25, -0.2) is 4.39 Å². The van der Waals surface area contributed by atoms with Crippen LogP contribution >= 0.6 is 0 Å². The van der Waals surface area contributed by atoms with Crippen molar-refractivity contribution < 1.29 is 14.3 Å². The van der Waals surface area contributed by atoms with E-state index in [2.05, 4.69) is 5.32 Å². The Hall–Kier alpha value is -1.42. The highest BCUT2D eigenvalue weighted by Crippen LogP contribution is 2.34. The Labute approximate surface area is 106 Å². The van der Waals surface area contributed by atoms with Crippen molar-refractivity contribution in [3.8, 4) is 0 Å². The molecule has 0 amide bonds. The zero-order valence-electron chi connectivity index (χ0n) is 10.4. The predicted octanol–water partition coefficient (Wildman–Crippen LogP) is 2.73. The summed E-state index contributed by atoms with van der Waals surface area (Å²) in [7, 11) is 0. The molecule has 2 unspecified atom stereocenters. The minimum atomic E-state index is -0.793. The number of nitrogens with one attached hydrogen (secondary N) is 1. The summed E-state index contributed by atoms with van der Waals surface area (Å²) >= 11 is 0. The monoisotopic (exact) mass is 251 g/mol. The Morgan fingerprint density at radius 1 is 1.44 bits per heavy atom. The van der Waals surface area contributed by atoms with Crippen LogP contribution in [-0.4, -0.2) is 17.1 Å². The van der Waals surface area contributed by atoms with Crippen LogP contribution in [0.5, 0.6) is 0 Å². The van der Waals surface area contributed by atoms with E-state index in [-0.39, 0.29) is 17.8 Å². The Morgan fingerprint density at radius 3 is 2.50 bits per heavy atom. The summed E-state index contributed by atoms with van der Waals surface area (Å²) in [6.07, 6.45) is 2.73. The zero-order chi connectivity index (χ0) is 13.1. The standard InChI is InChI=1S/C14H18FNO2/c1-2-12(9-5-7-11(15)8-6-9)16-13(14(17)18)10-3-4-10/h5-8,10,12-13,16H,2-4H2,1H3,(H,17,18). The van der Waals surface area contributed by atoms with Gasteiger partial charge in [0.15, 0.2) is 0 Å². The lowest BCUT2D eigenvalue weighted by molar-refractivity contribution is -0.140. The fraction of sp³-hybridized carbons (Fsp3) is 0.500. The normalized spacial score (nSPS) is 18.3. The molecule has 1 saturated carbocycles. The summed E-state index contributed by atoms with van der Waals surface area (Å²) in [5.74, 6) is -0.819. The van der Waals surface area contributed by atoms with Gasteiger partial charge >= 0.3 is 5.97 Å². The van der Waals surface area contributed by atoms with Gasteiger partial charge in [-0.05, 0) is 42.9 Å². The molecule has 98 valence electrons. The molecule has 0 aliphatic heterocycles. The van der Waals surface area contributed by atoms with E-state index in [9.17, 15) is 14.3 Å². The van der Waals surface area contributed by atoms with Gasteiger partial charge < -0.3 is 5.11 Å². The smallest absolute Gasteiger partial charge is 0.320 e. The first-order chi connectivity index (χ1) is 8.61. The van der Waals surface area contributed by atoms with Crippen molar-refractivity contribution in [2.45, 2.75) is 38.3 Å². The second-order valence-electron chi connectivity index (χ2n) is 4.83. The maximum absolute atomic E-state index is 12.9. The number of carboxylic acid groups (broad SMARTS) is 1. The molecular formula is C14H18FNO2. The third-order valence-corrected chi connectivity index (χ3v) is 3.42. The first-order valence-electron chi connectivity index (χ1n) is 6.36. The number of benzene rings is 1. The lowest BCUT2D eigenvalue weighted by Gasteiger charge is -2.22. The number of aliphatic carboxylic acids is 1. The summed E-state index contributed by atoms with van der Waals surface area (Å²) in [5, 5.41) is 12.4. The molecule has 2 atom stereocenters. The molecule has 0 radical (unpaired) electrons. The van der Waals surface area contributed by atoms with Crippen molar-refractivity contribution in [3.63, 3.8) is 0 Å². The molecule has 4 heteroatoms. The molecule has 0 aromatic heterocycles. The predicted molar refractivity (Wildman–Crippen MR) is 66.7 cm³/mol. The quantitative estimate of drug-likeness (QED) is 0.817. The van der Waals surface area contributed by atoms with Crippen LogP contribution in [0.4, 0.5) is 4.39 Å². The van der Waals surface area contributed by atoms with Crippen molar-refractivity contribution in [2.24, 2.45) is 5.92 Å². The number of rotatable bonds is 6. The highest BCUT2D eigenvalue weighted by molar-refractivity contribution is 5.74. The number of hydrogen-bond acceptors (Lipinski definition) is 2. The second-order valence-corrected chi connectivity index (χ2v) is 4.83. The van der Waals surface area contributed by atoms with Crippen molar-refractivity contribution >= 4 is 5.97 Å². The van der Waals surface area contributed by atoms with Crippen LogP contribution in [0.3, 0.4) is 0 Å². The molecular weight excluding hydrogens is 233 g/mol. The van der Waals surface area contributed by atoms with Crippen LogP contribution in [0.15, 0.2) is 24.3 Å². The maximum Gasteiger partial charge on any atom is 0.320 e. The molecule has 2 rings (SSSR count). The molecule has 1 aromatic carbocycles. The molecule has 0 saturated heterocycles. The average Bonchev–Trinajstić information content (AvgIpc) is 3.16. The van der Waals surface area contributed by atoms with Crippen LogP contribution in [0.1, 0.15) is 37.8 Å². The molecule has 1 aromatic rings.